The van der Waals surface area contributed by atoms with Crippen LogP contribution in [0.1, 0.15) is 0 Å². The summed E-state index contributed by atoms with van der Waals surface area (Å²) in [6.07, 6.45) is -0.942. The van der Waals surface area contributed by atoms with Crippen LogP contribution in [-0.2, 0) is 4.79 Å². The Bertz CT molecular complexity index is 1340. The molecule has 2 amide bonds. The first-order valence-electron chi connectivity index (χ1n) is 10.4. The number of carbonyl (C=O) groups is 2. The summed E-state index contributed by atoms with van der Waals surface area (Å²) in [4.78, 5) is 26.4. The second-order valence-electron chi connectivity index (χ2n) is 7.57. The van der Waals surface area contributed by atoms with E-state index in [0.29, 0.717) is 17.0 Å². The predicted octanol–water partition coefficient (Wildman–Crippen LogP) is 3.91. The minimum absolute atomic E-state index is 0.250. The number of carboxylic acid groups (broad SMARTS) is 1. The van der Waals surface area contributed by atoms with Crippen LogP contribution >= 0.6 is 0 Å². The standard InChI is InChI=1S/C22H20F3N7O.CH2O2/c1-31(2)19-7-6-17(29-30-19)14-8-9-32-18(12-26-20(32)11-14)15-4-3-5-16(10-15)28-21(33)27-13-22(23,24)25;2-1-3/h3-12H,13H2,1-2H3,(H2,27,28,33);1H,(H,2,3). The molecule has 0 aliphatic carbocycles. The number of imidazole rings is 1. The number of aromatic nitrogens is 4. The topological polar surface area (TPSA) is 125 Å². The summed E-state index contributed by atoms with van der Waals surface area (Å²) in [6, 6.07) is 13.4. The number of amides is 2. The van der Waals surface area contributed by atoms with E-state index in [2.05, 4.69) is 20.5 Å². The van der Waals surface area contributed by atoms with E-state index in [4.69, 9.17) is 9.90 Å². The molecule has 10 nitrogen and oxygen atoms in total. The van der Waals surface area contributed by atoms with Crippen LogP contribution in [0.4, 0.5) is 29.5 Å². The third-order valence-electron chi connectivity index (χ3n) is 4.78. The number of halogens is 3. The van der Waals surface area contributed by atoms with Gasteiger partial charge in [0, 0.05) is 37.1 Å². The largest absolute Gasteiger partial charge is 0.483 e. The molecule has 0 fully saturated rings. The fraction of sp³-hybridized carbons (Fsp3) is 0.174. The number of anilines is 2. The second kappa shape index (κ2) is 11.2. The Morgan fingerprint density at radius 1 is 1.11 bits per heavy atom. The molecule has 188 valence electrons. The molecule has 3 aromatic heterocycles. The fourth-order valence-corrected chi connectivity index (χ4v) is 3.18. The highest BCUT2D eigenvalue weighted by Gasteiger charge is 2.27. The van der Waals surface area contributed by atoms with Crippen molar-refractivity contribution >= 4 is 29.7 Å². The van der Waals surface area contributed by atoms with Crippen molar-refractivity contribution in [1.29, 1.82) is 0 Å². The maximum absolute atomic E-state index is 12.3. The zero-order chi connectivity index (χ0) is 26.3. The molecule has 0 unspecified atom stereocenters. The molecule has 13 heteroatoms. The summed E-state index contributed by atoms with van der Waals surface area (Å²) in [5.41, 5.74) is 4.10. The SMILES string of the molecule is CN(C)c1ccc(-c2ccn3c(-c4cccc(NC(=O)NCC(F)(F)F)c4)cnc3c2)nn1.O=CO. The lowest BCUT2D eigenvalue weighted by Crippen LogP contribution is -2.36. The molecule has 0 saturated carbocycles. The van der Waals surface area contributed by atoms with Crippen molar-refractivity contribution in [2.24, 2.45) is 0 Å². The maximum Gasteiger partial charge on any atom is 0.405 e. The Morgan fingerprint density at radius 2 is 1.86 bits per heavy atom. The van der Waals surface area contributed by atoms with Crippen LogP contribution in [0.2, 0.25) is 0 Å². The van der Waals surface area contributed by atoms with Crippen molar-refractivity contribution in [1.82, 2.24) is 24.9 Å². The van der Waals surface area contributed by atoms with E-state index in [-0.39, 0.29) is 6.47 Å². The summed E-state index contributed by atoms with van der Waals surface area (Å²) in [7, 11) is 3.78. The van der Waals surface area contributed by atoms with Gasteiger partial charge >= 0.3 is 12.2 Å². The Hall–Kier alpha value is -4.68. The van der Waals surface area contributed by atoms with E-state index < -0.39 is 18.8 Å². The van der Waals surface area contributed by atoms with Crippen LogP contribution in [0, 0.1) is 0 Å². The quantitative estimate of drug-likeness (QED) is 0.354. The second-order valence-corrected chi connectivity index (χ2v) is 7.57. The molecule has 36 heavy (non-hydrogen) atoms. The van der Waals surface area contributed by atoms with Crippen LogP contribution in [0.3, 0.4) is 0 Å². The predicted molar refractivity (Wildman–Crippen MR) is 128 cm³/mol. The van der Waals surface area contributed by atoms with Crippen molar-refractivity contribution in [3.63, 3.8) is 0 Å². The summed E-state index contributed by atoms with van der Waals surface area (Å²) >= 11 is 0. The van der Waals surface area contributed by atoms with Crippen molar-refractivity contribution in [2.75, 3.05) is 30.9 Å². The number of hydrogen-bond acceptors (Lipinski definition) is 6. The van der Waals surface area contributed by atoms with Gasteiger partial charge in [0.05, 0.1) is 17.6 Å². The Kier molecular flexibility index (Phi) is 8.04. The highest BCUT2D eigenvalue weighted by Crippen LogP contribution is 2.26. The van der Waals surface area contributed by atoms with Gasteiger partial charge in [-0.25, -0.2) is 9.78 Å². The lowest BCUT2D eigenvalue weighted by Gasteiger charge is -2.11. The van der Waals surface area contributed by atoms with Crippen LogP contribution < -0.4 is 15.5 Å². The van der Waals surface area contributed by atoms with Gasteiger partial charge in [-0.05, 0) is 36.4 Å². The number of fused-ring (bicyclic) bond motifs is 1. The smallest absolute Gasteiger partial charge is 0.405 e. The molecule has 4 rings (SSSR count). The van der Waals surface area contributed by atoms with Gasteiger partial charge < -0.3 is 20.6 Å². The van der Waals surface area contributed by atoms with E-state index in [1.165, 1.54) is 0 Å². The number of nitrogens with zero attached hydrogens (tertiary/aromatic N) is 5. The van der Waals surface area contributed by atoms with Gasteiger partial charge in [-0.15, -0.1) is 10.2 Å². The van der Waals surface area contributed by atoms with E-state index >= 15 is 0 Å². The molecule has 0 bridgehead atoms. The highest BCUT2D eigenvalue weighted by atomic mass is 19.4. The third-order valence-corrected chi connectivity index (χ3v) is 4.78. The molecule has 3 heterocycles. The molecule has 3 N–H and O–H groups in total. The van der Waals surface area contributed by atoms with Gasteiger partial charge in [-0.2, -0.15) is 13.2 Å². The fourth-order valence-electron chi connectivity index (χ4n) is 3.18. The number of hydrogen-bond donors (Lipinski definition) is 3. The maximum atomic E-state index is 12.3. The minimum atomic E-state index is -4.48. The first kappa shape index (κ1) is 25.9. The lowest BCUT2D eigenvalue weighted by atomic mass is 10.1. The molecule has 0 saturated heterocycles. The molecule has 0 aliphatic rings. The van der Waals surface area contributed by atoms with Gasteiger partial charge in [0.25, 0.3) is 6.47 Å². The number of carbonyl (C=O) groups excluding carboxylic acids is 1. The summed E-state index contributed by atoms with van der Waals surface area (Å²) < 4.78 is 38.7. The molecule has 0 aliphatic heterocycles. The normalized spacial score (nSPS) is 10.8. The Morgan fingerprint density at radius 3 is 2.50 bits per heavy atom. The molecule has 1 aromatic carbocycles. The zero-order valence-corrected chi connectivity index (χ0v) is 19.2. The van der Waals surface area contributed by atoms with Crippen molar-refractivity contribution in [2.45, 2.75) is 6.18 Å². The number of pyridine rings is 1. The summed E-state index contributed by atoms with van der Waals surface area (Å²) in [5, 5.41) is 19.5. The number of nitrogens with one attached hydrogen (secondary N) is 2. The third kappa shape index (κ3) is 6.68. The van der Waals surface area contributed by atoms with E-state index in [9.17, 15) is 18.0 Å². The van der Waals surface area contributed by atoms with Crippen molar-refractivity contribution in [3.8, 4) is 22.5 Å². The van der Waals surface area contributed by atoms with E-state index in [0.717, 1.165) is 22.6 Å². The van der Waals surface area contributed by atoms with Crippen LogP contribution in [-0.4, -0.2) is 64.0 Å². The lowest BCUT2D eigenvalue weighted by molar-refractivity contribution is -0.123. The number of benzene rings is 1. The monoisotopic (exact) mass is 501 g/mol. The molecule has 0 atom stereocenters. The van der Waals surface area contributed by atoms with Gasteiger partial charge in [0.15, 0.2) is 5.82 Å². The first-order valence-corrected chi connectivity index (χ1v) is 10.4. The van der Waals surface area contributed by atoms with Gasteiger partial charge in [-0.3, -0.25) is 9.20 Å². The highest BCUT2D eigenvalue weighted by molar-refractivity contribution is 5.90. The van der Waals surface area contributed by atoms with Crippen LogP contribution in [0.25, 0.3) is 28.2 Å². The minimum Gasteiger partial charge on any atom is -0.483 e. The Labute approximate surface area is 203 Å². The van der Waals surface area contributed by atoms with Crippen LogP contribution in [0.5, 0.6) is 0 Å². The number of rotatable bonds is 5. The van der Waals surface area contributed by atoms with Crippen LogP contribution in [0.15, 0.2) is 60.9 Å². The van der Waals surface area contributed by atoms with Crippen molar-refractivity contribution in [3.05, 3.63) is 60.9 Å². The number of alkyl halides is 3. The van der Waals surface area contributed by atoms with Gasteiger partial charge in [-0.1, -0.05) is 12.1 Å². The van der Waals surface area contributed by atoms with E-state index in [1.807, 2.05) is 59.9 Å². The molecular weight excluding hydrogens is 479 g/mol. The molecule has 0 radical (unpaired) electrons. The molecule has 4 aromatic rings. The average Bonchev–Trinajstić information content (AvgIpc) is 3.26. The zero-order valence-electron chi connectivity index (χ0n) is 19.2. The summed E-state index contributed by atoms with van der Waals surface area (Å²) in [5.74, 6) is 0.753. The van der Waals surface area contributed by atoms with Gasteiger partial charge in [0.2, 0.25) is 0 Å². The number of urea groups is 1. The first-order chi connectivity index (χ1) is 17.1. The van der Waals surface area contributed by atoms with Gasteiger partial charge in [0.1, 0.15) is 12.2 Å². The van der Waals surface area contributed by atoms with E-state index in [1.54, 1.807) is 29.7 Å². The molecular formula is C23H22F3N7O3. The Balaban J connectivity index is 0.00000115. The molecule has 0 spiro atoms. The average molecular weight is 501 g/mol. The summed E-state index contributed by atoms with van der Waals surface area (Å²) in [6.45, 7) is -1.66. The van der Waals surface area contributed by atoms with Crippen molar-refractivity contribution < 1.29 is 27.9 Å².